The third kappa shape index (κ3) is 1.24. The molecular formula is C7H9ClN2O. The lowest BCUT2D eigenvalue weighted by atomic mass is 10.3. The van der Waals surface area contributed by atoms with Crippen molar-refractivity contribution >= 4 is 17.3 Å². The second-order valence-electron chi connectivity index (χ2n) is 2.41. The highest BCUT2D eigenvalue weighted by atomic mass is 35.5. The van der Waals surface area contributed by atoms with Gasteiger partial charge in [0, 0.05) is 12.7 Å². The molecule has 11 heavy (non-hydrogen) atoms. The minimum atomic E-state index is -0.241. The van der Waals surface area contributed by atoms with Crippen molar-refractivity contribution in [1.29, 1.82) is 0 Å². The molecule has 0 aliphatic rings. The molecule has 3 nitrogen and oxygen atoms in total. The molecule has 0 atom stereocenters. The zero-order valence-corrected chi connectivity index (χ0v) is 7.14. The van der Waals surface area contributed by atoms with Gasteiger partial charge in [-0.3, -0.25) is 4.79 Å². The highest BCUT2D eigenvalue weighted by molar-refractivity contribution is 6.33. The lowest BCUT2D eigenvalue weighted by molar-refractivity contribution is 0.822. The molecule has 0 amide bonds. The van der Waals surface area contributed by atoms with Crippen LogP contribution in [0.15, 0.2) is 10.9 Å². The van der Waals surface area contributed by atoms with Crippen molar-refractivity contribution in [2.45, 2.75) is 6.92 Å². The number of aromatic nitrogens is 1. The van der Waals surface area contributed by atoms with E-state index in [1.165, 1.54) is 4.57 Å². The van der Waals surface area contributed by atoms with Crippen molar-refractivity contribution in [3.8, 4) is 0 Å². The lowest BCUT2D eigenvalue weighted by Gasteiger charge is -2.04. The summed E-state index contributed by atoms with van der Waals surface area (Å²) in [6.07, 6.45) is 0. The Hall–Kier alpha value is -0.960. The van der Waals surface area contributed by atoms with E-state index >= 15 is 0 Å². The molecule has 0 aromatic carbocycles. The maximum absolute atomic E-state index is 11.2. The van der Waals surface area contributed by atoms with E-state index in [1.807, 2.05) is 0 Å². The second-order valence-corrected chi connectivity index (χ2v) is 2.82. The van der Waals surface area contributed by atoms with Gasteiger partial charge in [-0.2, -0.15) is 0 Å². The van der Waals surface area contributed by atoms with Gasteiger partial charge >= 0.3 is 0 Å². The standard InChI is InChI=1S/C7H9ClN2O/c1-4-3-5(8)6(9)7(11)10(4)2/h3H,9H2,1-2H3. The molecule has 0 fully saturated rings. The van der Waals surface area contributed by atoms with E-state index in [0.29, 0.717) is 5.02 Å². The predicted molar refractivity (Wildman–Crippen MR) is 45.8 cm³/mol. The quantitative estimate of drug-likeness (QED) is 0.633. The summed E-state index contributed by atoms with van der Waals surface area (Å²) in [5.41, 5.74) is 6.06. The largest absolute Gasteiger partial charge is 0.393 e. The average molecular weight is 173 g/mol. The van der Waals surface area contributed by atoms with Gasteiger partial charge in [0.15, 0.2) is 0 Å². The van der Waals surface area contributed by atoms with Gasteiger partial charge in [0.05, 0.1) is 5.02 Å². The summed E-state index contributed by atoms with van der Waals surface area (Å²) >= 11 is 5.65. The van der Waals surface area contributed by atoms with Gasteiger partial charge < -0.3 is 10.3 Å². The number of pyridine rings is 1. The maximum Gasteiger partial charge on any atom is 0.275 e. The zero-order valence-electron chi connectivity index (χ0n) is 6.39. The van der Waals surface area contributed by atoms with E-state index in [4.69, 9.17) is 17.3 Å². The predicted octanol–water partition coefficient (Wildman–Crippen LogP) is 0.929. The summed E-state index contributed by atoms with van der Waals surface area (Å²) in [5, 5.41) is 0.325. The van der Waals surface area contributed by atoms with Crippen LogP contribution in [0.25, 0.3) is 0 Å². The molecule has 0 saturated carbocycles. The van der Waals surface area contributed by atoms with Gasteiger partial charge in [-0.15, -0.1) is 0 Å². The Morgan fingerprint density at radius 1 is 1.64 bits per heavy atom. The number of hydrogen-bond acceptors (Lipinski definition) is 2. The highest BCUT2D eigenvalue weighted by Gasteiger charge is 2.04. The maximum atomic E-state index is 11.2. The Morgan fingerprint density at radius 2 is 2.18 bits per heavy atom. The molecule has 60 valence electrons. The topological polar surface area (TPSA) is 48.0 Å². The SMILES string of the molecule is Cc1cc(Cl)c(N)c(=O)n1C. The molecule has 1 heterocycles. The fourth-order valence-electron chi connectivity index (χ4n) is 0.801. The first-order chi connectivity index (χ1) is 5.04. The smallest absolute Gasteiger partial charge is 0.275 e. The van der Waals surface area contributed by atoms with Crippen LogP contribution in [-0.2, 0) is 7.05 Å². The van der Waals surface area contributed by atoms with E-state index in [2.05, 4.69) is 0 Å². The van der Waals surface area contributed by atoms with Gasteiger partial charge in [0.1, 0.15) is 5.69 Å². The molecule has 2 N–H and O–H groups in total. The first-order valence-electron chi connectivity index (χ1n) is 3.15. The van der Waals surface area contributed by atoms with Gasteiger partial charge in [-0.1, -0.05) is 11.6 Å². The molecule has 1 rings (SSSR count). The highest BCUT2D eigenvalue weighted by Crippen LogP contribution is 2.14. The molecule has 0 aliphatic heterocycles. The van der Waals surface area contributed by atoms with Crippen molar-refractivity contribution in [2.24, 2.45) is 7.05 Å². The first-order valence-corrected chi connectivity index (χ1v) is 3.53. The number of nitrogens with zero attached hydrogens (tertiary/aromatic N) is 1. The number of anilines is 1. The Labute approximate surface area is 69.4 Å². The van der Waals surface area contributed by atoms with E-state index in [0.717, 1.165) is 5.69 Å². The summed E-state index contributed by atoms with van der Waals surface area (Å²) < 4.78 is 1.46. The molecule has 0 bridgehead atoms. The van der Waals surface area contributed by atoms with Crippen molar-refractivity contribution in [3.05, 3.63) is 27.1 Å². The zero-order chi connectivity index (χ0) is 8.59. The van der Waals surface area contributed by atoms with E-state index < -0.39 is 0 Å². The van der Waals surface area contributed by atoms with E-state index in [-0.39, 0.29) is 11.2 Å². The van der Waals surface area contributed by atoms with Crippen LogP contribution in [0.4, 0.5) is 5.69 Å². The van der Waals surface area contributed by atoms with Crippen molar-refractivity contribution in [3.63, 3.8) is 0 Å². The molecule has 1 aromatic heterocycles. The Balaban J connectivity index is 3.59. The van der Waals surface area contributed by atoms with Crippen LogP contribution >= 0.6 is 11.6 Å². The minimum absolute atomic E-state index is 0.111. The van der Waals surface area contributed by atoms with Gasteiger partial charge in [0.25, 0.3) is 5.56 Å². The number of rotatable bonds is 0. The first kappa shape index (κ1) is 8.14. The number of nitrogen functional groups attached to an aromatic ring is 1. The third-order valence-electron chi connectivity index (χ3n) is 1.66. The normalized spacial score (nSPS) is 10.1. The summed E-state index contributed by atoms with van der Waals surface area (Å²) in [6.45, 7) is 1.80. The number of halogens is 1. The fourth-order valence-corrected chi connectivity index (χ4v) is 1.04. The monoisotopic (exact) mass is 172 g/mol. The molecule has 0 radical (unpaired) electrons. The van der Waals surface area contributed by atoms with Gasteiger partial charge in [-0.25, -0.2) is 0 Å². The van der Waals surface area contributed by atoms with Crippen LogP contribution in [0.2, 0.25) is 5.02 Å². The summed E-state index contributed by atoms with van der Waals surface area (Å²) in [6, 6.07) is 1.66. The summed E-state index contributed by atoms with van der Waals surface area (Å²) in [5.74, 6) is 0. The number of hydrogen-bond donors (Lipinski definition) is 1. The van der Waals surface area contributed by atoms with Crippen LogP contribution in [0.5, 0.6) is 0 Å². The van der Waals surface area contributed by atoms with Gasteiger partial charge in [-0.05, 0) is 13.0 Å². The molecule has 0 saturated heterocycles. The minimum Gasteiger partial charge on any atom is -0.393 e. The van der Waals surface area contributed by atoms with E-state index in [1.54, 1.807) is 20.0 Å². The fraction of sp³-hybridized carbons (Fsp3) is 0.286. The Bertz CT molecular complexity index is 314. The molecule has 1 aromatic rings. The van der Waals surface area contributed by atoms with E-state index in [9.17, 15) is 4.79 Å². The summed E-state index contributed by atoms with van der Waals surface area (Å²) in [7, 11) is 1.66. The number of aryl methyl sites for hydroxylation is 1. The van der Waals surface area contributed by atoms with Crippen LogP contribution in [0.3, 0.4) is 0 Å². The van der Waals surface area contributed by atoms with Crippen molar-refractivity contribution in [1.82, 2.24) is 4.57 Å². The molecular weight excluding hydrogens is 164 g/mol. The number of nitrogens with two attached hydrogens (primary N) is 1. The third-order valence-corrected chi connectivity index (χ3v) is 1.97. The Morgan fingerprint density at radius 3 is 2.73 bits per heavy atom. The molecule has 0 unspecified atom stereocenters. The van der Waals surface area contributed by atoms with Gasteiger partial charge in [0.2, 0.25) is 0 Å². The summed E-state index contributed by atoms with van der Waals surface area (Å²) in [4.78, 5) is 11.2. The molecule has 4 heteroatoms. The molecule has 0 spiro atoms. The van der Waals surface area contributed by atoms with Crippen molar-refractivity contribution < 1.29 is 0 Å². The molecule has 0 aliphatic carbocycles. The lowest BCUT2D eigenvalue weighted by Crippen LogP contribution is -2.22. The van der Waals surface area contributed by atoms with Crippen LogP contribution < -0.4 is 11.3 Å². The van der Waals surface area contributed by atoms with Crippen LogP contribution in [0.1, 0.15) is 5.69 Å². The second kappa shape index (κ2) is 2.58. The average Bonchev–Trinajstić information content (AvgIpc) is 1.97. The Kier molecular flexibility index (Phi) is 1.91. The van der Waals surface area contributed by atoms with Crippen molar-refractivity contribution in [2.75, 3.05) is 5.73 Å². The van der Waals surface area contributed by atoms with Crippen LogP contribution in [-0.4, -0.2) is 4.57 Å². The van der Waals surface area contributed by atoms with Crippen LogP contribution in [0, 0.1) is 6.92 Å².